The van der Waals surface area contributed by atoms with Crippen molar-refractivity contribution in [1.29, 1.82) is 0 Å². The fourth-order valence-electron chi connectivity index (χ4n) is 2.50. The van der Waals surface area contributed by atoms with E-state index in [1.54, 1.807) is 18.5 Å². The average Bonchev–Trinajstić information content (AvgIpc) is 3.07. The first-order valence-corrected chi connectivity index (χ1v) is 7.66. The minimum Gasteiger partial charge on any atom is -0.490 e. The van der Waals surface area contributed by atoms with Gasteiger partial charge in [-0.1, -0.05) is 6.58 Å². The molecule has 0 unspecified atom stereocenters. The van der Waals surface area contributed by atoms with Gasteiger partial charge in [-0.05, 0) is 43.5 Å². The van der Waals surface area contributed by atoms with Gasteiger partial charge in [-0.2, -0.15) is 0 Å². The second-order valence-corrected chi connectivity index (χ2v) is 5.66. The van der Waals surface area contributed by atoms with Crippen LogP contribution in [0.5, 0.6) is 5.75 Å². The maximum absolute atomic E-state index is 13.6. The predicted octanol–water partition coefficient (Wildman–Crippen LogP) is 3.87. The van der Waals surface area contributed by atoms with Crippen molar-refractivity contribution < 1.29 is 13.9 Å². The highest BCUT2D eigenvalue weighted by Crippen LogP contribution is 2.31. The highest BCUT2D eigenvalue weighted by atomic mass is 19.1. The molecule has 1 aromatic heterocycles. The zero-order valence-electron chi connectivity index (χ0n) is 13.1. The summed E-state index contributed by atoms with van der Waals surface area (Å²) in [5.74, 6) is 0.856. The van der Waals surface area contributed by atoms with Crippen molar-refractivity contribution in [1.82, 2.24) is 9.97 Å². The van der Waals surface area contributed by atoms with Crippen LogP contribution in [0, 0.1) is 5.82 Å². The lowest BCUT2D eigenvalue weighted by Gasteiger charge is -2.15. The minimum atomic E-state index is -0.326. The van der Waals surface area contributed by atoms with E-state index in [0.717, 1.165) is 25.0 Å². The van der Waals surface area contributed by atoms with Gasteiger partial charge >= 0.3 is 0 Å². The van der Waals surface area contributed by atoms with Crippen molar-refractivity contribution in [3.05, 3.63) is 48.8 Å². The average molecular weight is 314 g/mol. The van der Waals surface area contributed by atoms with Crippen LogP contribution >= 0.6 is 0 Å². The van der Waals surface area contributed by atoms with E-state index < -0.39 is 0 Å². The Morgan fingerprint density at radius 1 is 1.39 bits per heavy atom. The highest BCUT2D eigenvalue weighted by Gasteiger charge is 2.17. The first kappa shape index (κ1) is 15.6. The summed E-state index contributed by atoms with van der Waals surface area (Å²) < 4.78 is 25.0. The van der Waals surface area contributed by atoms with E-state index in [2.05, 4.69) is 16.5 Å². The third-order valence-electron chi connectivity index (χ3n) is 3.73. The molecule has 1 atom stereocenters. The molecule has 5 heteroatoms. The van der Waals surface area contributed by atoms with Gasteiger partial charge in [0.1, 0.15) is 18.2 Å². The Hall–Kier alpha value is -2.27. The molecule has 0 saturated carbocycles. The van der Waals surface area contributed by atoms with E-state index in [1.807, 2.05) is 6.92 Å². The summed E-state index contributed by atoms with van der Waals surface area (Å²) >= 11 is 0. The van der Waals surface area contributed by atoms with Crippen LogP contribution in [-0.4, -0.2) is 29.3 Å². The Kier molecular flexibility index (Phi) is 4.67. The van der Waals surface area contributed by atoms with Crippen molar-refractivity contribution in [2.45, 2.75) is 25.9 Å². The number of aromatic nitrogens is 2. The number of nitrogens with zero attached hydrogens (tertiary/aromatic N) is 2. The summed E-state index contributed by atoms with van der Waals surface area (Å²) in [5, 5.41) is 0. The van der Waals surface area contributed by atoms with Crippen LogP contribution in [-0.2, 0) is 4.74 Å². The molecular formula is C18H19FN2O2. The van der Waals surface area contributed by atoms with Crippen molar-refractivity contribution in [2.75, 3.05) is 13.2 Å². The van der Waals surface area contributed by atoms with Gasteiger partial charge in [-0.15, -0.1) is 0 Å². The largest absolute Gasteiger partial charge is 0.490 e. The summed E-state index contributed by atoms with van der Waals surface area (Å²) in [6.45, 7) is 6.89. The molecule has 120 valence electrons. The standard InChI is InChI=1S/C18H19FN2O2/c1-12(2)18-20-9-13(10-21-18)16-8-14(19)5-6-17(16)23-11-15-4-3-7-22-15/h5-6,8-10,15H,1,3-4,7,11H2,2H3/t15-/m1/s1. The molecule has 0 aliphatic carbocycles. The number of rotatable bonds is 5. The molecule has 0 amide bonds. The van der Waals surface area contributed by atoms with E-state index in [9.17, 15) is 4.39 Å². The van der Waals surface area contributed by atoms with Gasteiger partial charge in [-0.25, -0.2) is 14.4 Å². The molecule has 0 bridgehead atoms. The third-order valence-corrected chi connectivity index (χ3v) is 3.73. The van der Waals surface area contributed by atoms with Crippen molar-refractivity contribution >= 4 is 5.57 Å². The fraction of sp³-hybridized carbons (Fsp3) is 0.333. The Labute approximate surface area is 135 Å². The smallest absolute Gasteiger partial charge is 0.154 e. The Bertz CT molecular complexity index is 695. The van der Waals surface area contributed by atoms with Crippen LogP contribution in [0.4, 0.5) is 4.39 Å². The first-order valence-electron chi connectivity index (χ1n) is 7.66. The molecule has 3 rings (SSSR count). The Balaban J connectivity index is 1.84. The fourth-order valence-corrected chi connectivity index (χ4v) is 2.50. The second kappa shape index (κ2) is 6.87. The van der Waals surface area contributed by atoms with Gasteiger partial charge < -0.3 is 9.47 Å². The van der Waals surface area contributed by atoms with E-state index in [0.29, 0.717) is 29.3 Å². The van der Waals surface area contributed by atoms with Crippen LogP contribution < -0.4 is 4.74 Å². The van der Waals surface area contributed by atoms with Gasteiger partial charge in [-0.3, -0.25) is 0 Å². The number of hydrogen-bond donors (Lipinski definition) is 0. The van der Waals surface area contributed by atoms with E-state index in [4.69, 9.17) is 9.47 Å². The van der Waals surface area contributed by atoms with Crippen LogP contribution in [0.2, 0.25) is 0 Å². The highest BCUT2D eigenvalue weighted by molar-refractivity contribution is 5.69. The molecule has 0 spiro atoms. The molecule has 2 heterocycles. The summed E-state index contributed by atoms with van der Waals surface area (Å²) in [5.41, 5.74) is 2.12. The van der Waals surface area contributed by atoms with Gasteiger partial charge in [0.2, 0.25) is 0 Å². The lowest BCUT2D eigenvalue weighted by Crippen LogP contribution is -2.16. The lowest BCUT2D eigenvalue weighted by molar-refractivity contribution is 0.0681. The Morgan fingerprint density at radius 3 is 2.83 bits per heavy atom. The maximum Gasteiger partial charge on any atom is 0.154 e. The predicted molar refractivity (Wildman–Crippen MR) is 86.6 cm³/mol. The van der Waals surface area contributed by atoms with Gasteiger partial charge in [0.05, 0.1) is 6.10 Å². The van der Waals surface area contributed by atoms with Crippen LogP contribution in [0.25, 0.3) is 16.7 Å². The molecule has 4 nitrogen and oxygen atoms in total. The topological polar surface area (TPSA) is 44.2 Å². The molecule has 1 saturated heterocycles. The molecule has 1 aliphatic rings. The quantitative estimate of drug-likeness (QED) is 0.840. The number of halogens is 1. The first-order chi connectivity index (χ1) is 11.1. The molecule has 1 aliphatic heterocycles. The number of benzene rings is 1. The summed E-state index contributed by atoms with van der Waals surface area (Å²) in [6.07, 6.45) is 5.47. The lowest BCUT2D eigenvalue weighted by atomic mass is 10.1. The van der Waals surface area contributed by atoms with Crippen molar-refractivity contribution in [3.8, 4) is 16.9 Å². The monoisotopic (exact) mass is 314 g/mol. The Morgan fingerprint density at radius 2 is 2.17 bits per heavy atom. The summed E-state index contributed by atoms with van der Waals surface area (Å²) in [7, 11) is 0. The van der Waals surface area contributed by atoms with E-state index in [1.165, 1.54) is 12.1 Å². The molecule has 0 N–H and O–H groups in total. The van der Waals surface area contributed by atoms with E-state index in [-0.39, 0.29) is 11.9 Å². The van der Waals surface area contributed by atoms with Gasteiger partial charge in [0, 0.05) is 30.1 Å². The number of hydrogen-bond acceptors (Lipinski definition) is 4. The van der Waals surface area contributed by atoms with Crippen LogP contribution in [0.1, 0.15) is 25.6 Å². The number of ether oxygens (including phenoxy) is 2. The normalized spacial score (nSPS) is 17.2. The summed E-state index contributed by atoms with van der Waals surface area (Å²) in [6, 6.07) is 4.45. The van der Waals surface area contributed by atoms with Crippen LogP contribution in [0.15, 0.2) is 37.2 Å². The molecule has 23 heavy (non-hydrogen) atoms. The van der Waals surface area contributed by atoms with Gasteiger partial charge in [0.25, 0.3) is 0 Å². The van der Waals surface area contributed by atoms with Gasteiger partial charge in [0.15, 0.2) is 5.82 Å². The molecule has 1 fully saturated rings. The zero-order chi connectivity index (χ0) is 16.2. The van der Waals surface area contributed by atoms with Crippen molar-refractivity contribution in [3.63, 3.8) is 0 Å². The molecule has 2 aromatic rings. The minimum absolute atomic E-state index is 0.106. The zero-order valence-corrected chi connectivity index (χ0v) is 13.1. The molecule has 0 radical (unpaired) electrons. The number of allylic oxidation sites excluding steroid dienone is 1. The SMILES string of the molecule is C=C(C)c1ncc(-c2cc(F)ccc2OC[C@H]2CCCO2)cn1. The maximum atomic E-state index is 13.6. The van der Waals surface area contributed by atoms with Crippen LogP contribution in [0.3, 0.4) is 0 Å². The molecular weight excluding hydrogens is 295 g/mol. The molecule has 1 aromatic carbocycles. The second-order valence-electron chi connectivity index (χ2n) is 5.66. The van der Waals surface area contributed by atoms with E-state index >= 15 is 0 Å². The third kappa shape index (κ3) is 3.74. The van der Waals surface area contributed by atoms with Crippen molar-refractivity contribution in [2.24, 2.45) is 0 Å². The summed E-state index contributed by atoms with van der Waals surface area (Å²) in [4.78, 5) is 8.50.